The predicted octanol–water partition coefficient (Wildman–Crippen LogP) is 5.68. The van der Waals surface area contributed by atoms with Crippen molar-refractivity contribution in [2.45, 2.75) is 43.0 Å². The number of carbonyl (C=O) groups excluding carboxylic acids is 1. The van der Waals surface area contributed by atoms with E-state index in [2.05, 4.69) is 5.32 Å². The highest BCUT2D eigenvalue weighted by atomic mass is 32.2. The quantitative estimate of drug-likeness (QED) is 0.323. The van der Waals surface area contributed by atoms with Crippen molar-refractivity contribution >= 4 is 21.4 Å². The molecule has 1 aliphatic rings. The fraction of sp³-hybridized carbons (Fsp3) is 0.310. The van der Waals surface area contributed by atoms with Crippen LogP contribution in [0, 0.1) is 17.1 Å². The number of benzene rings is 3. The number of halogens is 4. The molecule has 0 radical (unpaired) electrons. The summed E-state index contributed by atoms with van der Waals surface area (Å²) < 4.78 is 83.3. The van der Waals surface area contributed by atoms with Crippen LogP contribution in [0.3, 0.4) is 0 Å². The summed E-state index contributed by atoms with van der Waals surface area (Å²) in [5.41, 5.74) is 0.0254. The highest BCUT2D eigenvalue weighted by Gasteiger charge is 2.31. The summed E-state index contributed by atoms with van der Waals surface area (Å²) in [4.78, 5) is 14.9. The largest absolute Gasteiger partial charge is 0.489 e. The Balaban J connectivity index is 1.40. The summed E-state index contributed by atoms with van der Waals surface area (Å²) >= 11 is 0. The van der Waals surface area contributed by atoms with Crippen molar-refractivity contribution in [1.82, 2.24) is 5.32 Å². The lowest BCUT2D eigenvalue weighted by molar-refractivity contribution is -0.137. The van der Waals surface area contributed by atoms with Crippen LogP contribution in [0.2, 0.25) is 0 Å². The molecule has 1 aliphatic heterocycles. The van der Waals surface area contributed by atoms with Gasteiger partial charge < -0.3 is 15.0 Å². The Morgan fingerprint density at radius 3 is 2.39 bits per heavy atom. The summed E-state index contributed by atoms with van der Waals surface area (Å²) in [5.74, 6) is -1.27. The number of sulfone groups is 1. The van der Waals surface area contributed by atoms with Crippen LogP contribution >= 0.6 is 0 Å². The fourth-order valence-electron chi connectivity index (χ4n) is 4.51. The molecule has 1 saturated heterocycles. The highest BCUT2D eigenvalue weighted by molar-refractivity contribution is 7.91. The minimum Gasteiger partial charge on any atom is -0.489 e. The Hall–Kier alpha value is -4.11. The van der Waals surface area contributed by atoms with E-state index in [1.807, 2.05) is 11.0 Å². The smallest absolute Gasteiger partial charge is 0.416 e. The summed E-state index contributed by atoms with van der Waals surface area (Å²) in [6, 6.07) is 15.6. The number of amides is 1. The molecule has 216 valence electrons. The zero-order valence-corrected chi connectivity index (χ0v) is 22.8. The number of nitrogens with one attached hydrogen (secondary N) is 1. The van der Waals surface area contributed by atoms with Gasteiger partial charge in [-0.15, -0.1) is 0 Å². The lowest BCUT2D eigenvalue weighted by atomic mass is 10.0. The van der Waals surface area contributed by atoms with E-state index in [1.165, 1.54) is 55.5 Å². The van der Waals surface area contributed by atoms with Crippen molar-refractivity contribution < 1.29 is 35.5 Å². The van der Waals surface area contributed by atoms with Gasteiger partial charge in [0.25, 0.3) is 5.91 Å². The van der Waals surface area contributed by atoms with Gasteiger partial charge in [-0.05, 0) is 60.2 Å². The molecule has 0 saturated carbocycles. The Bertz CT molecular complexity index is 1540. The molecule has 41 heavy (non-hydrogen) atoms. The van der Waals surface area contributed by atoms with Crippen molar-refractivity contribution in [3.8, 4) is 11.8 Å². The molecule has 1 N–H and O–H groups in total. The van der Waals surface area contributed by atoms with E-state index in [0.29, 0.717) is 36.5 Å². The summed E-state index contributed by atoms with van der Waals surface area (Å²) in [6.07, 6.45) is -4.29. The van der Waals surface area contributed by atoms with Crippen LogP contribution in [0.1, 0.15) is 47.3 Å². The molecule has 12 heteroatoms. The van der Waals surface area contributed by atoms with Crippen molar-refractivity contribution in [3.05, 3.63) is 89.2 Å². The molecule has 3 aromatic rings. The van der Waals surface area contributed by atoms with Crippen molar-refractivity contribution in [1.29, 1.82) is 5.26 Å². The summed E-state index contributed by atoms with van der Waals surface area (Å²) in [5, 5.41) is 11.9. The maximum atomic E-state index is 15.1. The third-order valence-corrected chi connectivity index (χ3v) is 8.56. The minimum atomic E-state index is -4.43. The first-order chi connectivity index (χ1) is 19.4. The maximum Gasteiger partial charge on any atom is 0.416 e. The monoisotopic (exact) mass is 589 g/mol. The highest BCUT2D eigenvalue weighted by Crippen LogP contribution is 2.31. The second-order valence-corrected chi connectivity index (χ2v) is 11.8. The van der Waals surface area contributed by atoms with Gasteiger partial charge in [0.05, 0.1) is 46.9 Å². The number of ether oxygens (including phenoxy) is 1. The summed E-state index contributed by atoms with van der Waals surface area (Å²) in [7, 11) is -3.41. The number of nitrogens with zero attached hydrogens (tertiary/aromatic N) is 2. The number of hydrogen-bond acceptors (Lipinski definition) is 6. The first-order valence-corrected chi connectivity index (χ1v) is 14.5. The topological polar surface area (TPSA) is 99.5 Å². The molecule has 0 unspecified atom stereocenters. The number of hydrogen-bond donors (Lipinski definition) is 1. The number of anilines is 1. The number of nitriles is 1. The zero-order chi connectivity index (χ0) is 29.8. The molecule has 0 bridgehead atoms. The van der Waals surface area contributed by atoms with Crippen LogP contribution in [-0.4, -0.2) is 39.3 Å². The molecule has 1 amide bonds. The molecule has 0 aliphatic carbocycles. The predicted molar refractivity (Wildman–Crippen MR) is 144 cm³/mol. The lowest BCUT2D eigenvalue weighted by Gasteiger charge is -2.21. The fourth-order valence-corrected chi connectivity index (χ4v) is 5.40. The van der Waals surface area contributed by atoms with Crippen molar-refractivity contribution in [3.63, 3.8) is 0 Å². The van der Waals surface area contributed by atoms with Crippen molar-refractivity contribution in [2.75, 3.05) is 23.7 Å². The maximum absolute atomic E-state index is 15.1. The third-order valence-electron chi connectivity index (χ3n) is 6.81. The Kier molecular flexibility index (Phi) is 8.87. The van der Waals surface area contributed by atoms with E-state index in [9.17, 15) is 31.6 Å². The summed E-state index contributed by atoms with van der Waals surface area (Å²) in [6.45, 7) is 2.42. The number of carbonyl (C=O) groups is 1. The molecular formula is C29H27F4N3O4S. The molecule has 3 aromatic carbocycles. The normalized spacial score (nSPS) is 16.2. The second kappa shape index (κ2) is 12.2. The van der Waals surface area contributed by atoms with Crippen LogP contribution in [0.4, 0.5) is 23.2 Å². The van der Waals surface area contributed by atoms with Crippen LogP contribution in [-0.2, 0) is 16.0 Å². The molecule has 1 heterocycles. The van der Waals surface area contributed by atoms with E-state index in [-0.39, 0.29) is 28.7 Å². The van der Waals surface area contributed by atoms with E-state index >= 15 is 4.39 Å². The van der Waals surface area contributed by atoms with Gasteiger partial charge in [-0.2, -0.15) is 18.4 Å². The molecule has 4 rings (SSSR count). The molecule has 2 atom stereocenters. The van der Waals surface area contributed by atoms with Gasteiger partial charge in [0.1, 0.15) is 17.7 Å². The first-order valence-electron chi connectivity index (χ1n) is 12.8. The zero-order valence-electron chi connectivity index (χ0n) is 22.0. The molecule has 0 aromatic heterocycles. The van der Waals surface area contributed by atoms with E-state index < -0.39 is 39.3 Å². The van der Waals surface area contributed by atoms with Gasteiger partial charge in [-0.25, -0.2) is 12.8 Å². The third kappa shape index (κ3) is 7.16. The molecule has 7 nitrogen and oxygen atoms in total. The van der Waals surface area contributed by atoms with E-state index in [4.69, 9.17) is 4.74 Å². The van der Waals surface area contributed by atoms with Crippen LogP contribution in [0.15, 0.2) is 71.6 Å². The van der Waals surface area contributed by atoms with Crippen LogP contribution in [0.5, 0.6) is 5.75 Å². The van der Waals surface area contributed by atoms with Gasteiger partial charge in [0, 0.05) is 18.7 Å². The molecule has 1 fully saturated rings. The van der Waals surface area contributed by atoms with E-state index in [1.54, 1.807) is 6.07 Å². The standard InChI is InChI=1S/C29H27F4N3O4S/c1-2-41(38,39)24-10-3-19(4-11-24)27(13-15-34)35-28(37)25-12-7-21(17-26(25)30)36-16-14-23(18-36)40-22-8-5-20(6-9-22)29(31,32)33/h3-12,17,23,27H,2,13-14,16,18H2,1H3,(H,35,37)/t23-,27-/m0/s1. The second-order valence-electron chi connectivity index (χ2n) is 9.52. The van der Waals surface area contributed by atoms with E-state index in [0.717, 1.165) is 12.1 Å². The van der Waals surface area contributed by atoms with Gasteiger partial charge in [-0.1, -0.05) is 19.1 Å². The van der Waals surface area contributed by atoms with Gasteiger partial charge in [0.2, 0.25) is 0 Å². The molecular weight excluding hydrogens is 562 g/mol. The Labute approximate surface area is 235 Å². The number of alkyl halides is 3. The minimum absolute atomic E-state index is 0.0652. The number of rotatable bonds is 9. The van der Waals surface area contributed by atoms with Crippen LogP contribution < -0.4 is 15.0 Å². The van der Waals surface area contributed by atoms with Crippen molar-refractivity contribution in [2.24, 2.45) is 0 Å². The van der Waals surface area contributed by atoms with Gasteiger partial charge in [0.15, 0.2) is 9.84 Å². The Morgan fingerprint density at radius 1 is 1.12 bits per heavy atom. The van der Waals surface area contributed by atoms with Crippen LogP contribution in [0.25, 0.3) is 0 Å². The average molecular weight is 590 g/mol. The Morgan fingerprint density at radius 2 is 1.80 bits per heavy atom. The van der Waals surface area contributed by atoms with Gasteiger partial charge in [-0.3, -0.25) is 4.79 Å². The first kappa shape index (κ1) is 29.9. The lowest BCUT2D eigenvalue weighted by Crippen LogP contribution is -2.29. The average Bonchev–Trinajstić information content (AvgIpc) is 3.41. The van der Waals surface area contributed by atoms with Gasteiger partial charge >= 0.3 is 6.18 Å². The molecule has 0 spiro atoms. The SMILES string of the molecule is CCS(=O)(=O)c1ccc([C@H](CC#N)NC(=O)c2ccc(N3CC[C@H](Oc4ccc(C(F)(F)F)cc4)C3)cc2F)cc1.